The second-order valence-electron chi connectivity index (χ2n) is 7.42. The van der Waals surface area contributed by atoms with Crippen LogP contribution in [-0.4, -0.2) is 72.0 Å². The quantitative estimate of drug-likeness (QED) is 0.563. The van der Waals surface area contributed by atoms with Gasteiger partial charge in [-0.1, -0.05) is 12.1 Å². The molecular weight excluding hydrogens is 418 g/mol. The van der Waals surface area contributed by atoms with Crippen LogP contribution in [0.4, 0.5) is 5.69 Å². The van der Waals surface area contributed by atoms with Crippen LogP contribution < -0.4 is 5.32 Å². The maximum absolute atomic E-state index is 13.1. The van der Waals surface area contributed by atoms with Gasteiger partial charge in [0.25, 0.3) is 0 Å². The number of amides is 1. The summed E-state index contributed by atoms with van der Waals surface area (Å²) in [4.78, 5) is 33.1. The van der Waals surface area contributed by atoms with E-state index in [9.17, 15) is 18.0 Å². The number of rotatable bonds is 6. The van der Waals surface area contributed by atoms with Crippen molar-refractivity contribution in [3.05, 3.63) is 54.4 Å². The molecule has 0 unspecified atom stereocenters. The smallest absolute Gasteiger partial charge is 0.245 e. The van der Waals surface area contributed by atoms with Gasteiger partial charge < -0.3 is 10.3 Å². The number of hydrogen-bond donors (Lipinski definition) is 2. The molecule has 1 amide bonds. The Labute approximate surface area is 180 Å². The average Bonchev–Trinajstić information content (AvgIpc) is 3.19. The molecular formula is C21H23N5O4S. The first kappa shape index (κ1) is 21.2. The lowest BCUT2D eigenvalue weighted by atomic mass is 10.1. The van der Waals surface area contributed by atoms with Gasteiger partial charge in [0.05, 0.1) is 6.54 Å². The van der Waals surface area contributed by atoms with Crippen LogP contribution in [0.3, 0.4) is 0 Å². The first-order chi connectivity index (χ1) is 14.8. The Hall–Kier alpha value is -3.08. The molecule has 0 spiro atoms. The maximum atomic E-state index is 13.1. The highest BCUT2D eigenvalue weighted by Crippen LogP contribution is 2.25. The van der Waals surface area contributed by atoms with Crippen molar-refractivity contribution in [3.63, 3.8) is 0 Å². The fourth-order valence-corrected chi connectivity index (χ4v) is 5.20. The number of pyridine rings is 1. The number of nitrogens with one attached hydrogen (secondary N) is 2. The molecule has 10 heteroatoms. The molecule has 1 fully saturated rings. The van der Waals surface area contributed by atoms with Crippen molar-refractivity contribution < 1.29 is 18.0 Å². The van der Waals surface area contributed by atoms with Gasteiger partial charge in [0.15, 0.2) is 5.78 Å². The van der Waals surface area contributed by atoms with Crippen LogP contribution in [0, 0.1) is 0 Å². The van der Waals surface area contributed by atoms with Gasteiger partial charge in [-0.3, -0.25) is 14.5 Å². The topological polar surface area (TPSA) is 115 Å². The summed E-state index contributed by atoms with van der Waals surface area (Å²) in [6.07, 6.45) is 3.08. The van der Waals surface area contributed by atoms with Gasteiger partial charge in [-0.25, -0.2) is 13.4 Å². The lowest BCUT2D eigenvalue weighted by Gasteiger charge is -2.33. The van der Waals surface area contributed by atoms with E-state index in [-0.39, 0.29) is 23.1 Å². The van der Waals surface area contributed by atoms with Crippen LogP contribution in [0.2, 0.25) is 0 Å². The molecule has 0 atom stereocenters. The van der Waals surface area contributed by atoms with E-state index in [2.05, 4.69) is 15.3 Å². The number of anilines is 1. The zero-order valence-corrected chi connectivity index (χ0v) is 17.9. The first-order valence-electron chi connectivity index (χ1n) is 9.90. The lowest BCUT2D eigenvalue weighted by Crippen LogP contribution is -2.50. The Morgan fingerprint density at radius 2 is 1.90 bits per heavy atom. The molecule has 1 aromatic carbocycles. The van der Waals surface area contributed by atoms with Crippen LogP contribution in [0.1, 0.15) is 17.3 Å². The number of nitrogens with zero attached hydrogens (tertiary/aromatic N) is 3. The van der Waals surface area contributed by atoms with Crippen LogP contribution in [0.5, 0.6) is 0 Å². The molecule has 3 aromatic rings. The fraction of sp³-hybridized carbons (Fsp3) is 0.286. The number of piperazine rings is 1. The Morgan fingerprint density at radius 1 is 1.13 bits per heavy atom. The Bertz CT molecular complexity index is 1230. The van der Waals surface area contributed by atoms with E-state index in [4.69, 9.17) is 0 Å². The standard InChI is InChI=1S/C21H23N5O4S/c1-15(27)16-4-2-5-17(12-16)24-20(28)14-25-8-10-26(11-9-25)31(29,30)19-13-23-21-18(19)6-3-7-22-21/h2-7,12-13H,8-11,14H2,1H3,(H,22,23)(H,24,28). The van der Waals surface area contributed by atoms with E-state index in [1.165, 1.54) is 17.4 Å². The fourth-order valence-electron chi connectivity index (χ4n) is 3.63. The molecule has 2 aromatic heterocycles. The average molecular weight is 442 g/mol. The van der Waals surface area contributed by atoms with E-state index in [1.807, 2.05) is 4.90 Å². The molecule has 0 saturated carbocycles. The molecule has 3 heterocycles. The monoisotopic (exact) mass is 441 g/mol. The molecule has 9 nitrogen and oxygen atoms in total. The minimum Gasteiger partial charge on any atom is -0.345 e. The molecule has 0 radical (unpaired) electrons. The maximum Gasteiger partial charge on any atom is 0.245 e. The minimum atomic E-state index is -3.66. The Balaban J connectivity index is 1.36. The van der Waals surface area contributed by atoms with Gasteiger partial charge >= 0.3 is 0 Å². The molecule has 0 bridgehead atoms. The van der Waals surface area contributed by atoms with Crippen LogP contribution in [0.15, 0.2) is 53.7 Å². The van der Waals surface area contributed by atoms with Gasteiger partial charge in [0.1, 0.15) is 10.5 Å². The molecule has 162 valence electrons. The van der Waals surface area contributed by atoms with Crippen LogP contribution >= 0.6 is 0 Å². The third-order valence-electron chi connectivity index (χ3n) is 5.28. The van der Waals surface area contributed by atoms with E-state index in [0.29, 0.717) is 48.5 Å². The Kier molecular flexibility index (Phi) is 5.86. The molecule has 1 saturated heterocycles. The predicted molar refractivity (Wildman–Crippen MR) is 116 cm³/mol. The van der Waals surface area contributed by atoms with Crippen molar-refractivity contribution in [1.29, 1.82) is 0 Å². The summed E-state index contributed by atoms with van der Waals surface area (Å²) in [6, 6.07) is 10.2. The normalized spacial score (nSPS) is 15.8. The van der Waals surface area contributed by atoms with Crippen LogP contribution in [-0.2, 0) is 14.8 Å². The van der Waals surface area contributed by atoms with Gasteiger partial charge in [-0.05, 0) is 31.2 Å². The summed E-state index contributed by atoms with van der Waals surface area (Å²) in [5.41, 5.74) is 1.63. The second kappa shape index (κ2) is 8.58. The van der Waals surface area contributed by atoms with Crippen molar-refractivity contribution in [2.75, 3.05) is 38.0 Å². The highest BCUT2D eigenvalue weighted by molar-refractivity contribution is 7.89. The number of fused-ring (bicyclic) bond motifs is 1. The van der Waals surface area contributed by atoms with E-state index in [1.54, 1.807) is 42.6 Å². The highest BCUT2D eigenvalue weighted by atomic mass is 32.2. The van der Waals surface area contributed by atoms with Crippen molar-refractivity contribution in [2.24, 2.45) is 0 Å². The number of aromatic nitrogens is 2. The zero-order chi connectivity index (χ0) is 22.0. The molecule has 1 aliphatic rings. The molecule has 0 aliphatic carbocycles. The summed E-state index contributed by atoms with van der Waals surface area (Å²) in [5, 5.41) is 3.36. The number of sulfonamides is 1. The number of H-pyrrole nitrogens is 1. The largest absolute Gasteiger partial charge is 0.345 e. The molecule has 31 heavy (non-hydrogen) atoms. The van der Waals surface area contributed by atoms with Gasteiger partial charge in [-0.2, -0.15) is 4.31 Å². The van der Waals surface area contributed by atoms with E-state index in [0.717, 1.165) is 0 Å². The summed E-state index contributed by atoms with van der Waals surface area (Å²) in [6.45, 7) is 3.10. The summed E-state index contributed by atoms with van der Waals surface area (Å²) in [5.74, 6) is -0.279. The summed E-state index contributed by atoms with van der Waals surface area (Å²) < 4.78 is 27.6. The highest BCUT2D eigenvalue weighted by Gasteiger charge is 2.31. The number of ketones is 1. The SMILES string of the molecule is CC(=O)c1cccc(NC(=O)CN2CCN(S(=O)(=O)c3c[nH]c4ncccc34)CC2)c1. The third kappa shape index (κ3) is 4.50. The van der Waals surface area contributed by atoms with Gasteiger partial charge in [-0.15, -0.1) is 0 Å². The number of aromatic amines is 1. The van der Waals surface area contributed by atoms with Crippen molar-refractivity contribution >= 4 is 38.4 Å². The van der Waals surface area contributed by atoms with Crippen molar-refractivity contribution in [1.82, 2.24) is 19.2 Å². The van der Waals surface area contributed by atoms with Gasteiger partial charge in [0.2, 0.25) is 15.9 Å². The number of carbonyl (C=O) groups is 2. The Morgan fingerprint density at radius 3 is 2.65 bits per heavy atom. The van der Waals surface area contributed by atoms with E-state index >= 15 is 0 Å². The van der Waals surface area contributed by atoms with Gasteiger partial charge in [0, 0.05) is 55.2 Å². The number of benzene rings is 1. The molecule has 2 N–H and O–H groups in total. The third-order valence-corrected chi connectivity index (χ3v) is 7.22. The summed E-state index contributed by atoms with van der Waals surface area (Å²) >= 11 is 0. The zero-order valence-electron chi connectivity index (χ0n) is 17.0. The predicted octanol–water partition coefficient (Wildman–Crippen LogP) is 1.71. The molecule has 1 aliphatic heterocycles. The lowest BCUT2D eigenvalue weighted by molar-refractivity contribution is -0.117. The minimum absolute atomic E-state index is 0.0700. The molecule has 4 rings (SSSR count). The number of carbonyl (C=O) groups excluding carboxylic acids is 2. The second-order valence-corrected chi connectivity index (χ2v) is 9.32. The number of Topliss-reactive ketones (excluding diaryl/α,β-unsaturated/α-hetero) is 1. The van der Waals surface area contributed by atoms with Crippen LogP contribution in [0.25, 0.3) is 11.0 Å². The summed E-state index contributed by atoms with van der Waals surface area (Å²) in [7, 11) is -3.66. The first-order valence-corrected chi connectivity index (χ1v) is 11.3. The van der Waals surface area contributed by atoms with E-state index < -0.39 is 10.0 Å². The van der Waals surface area contributed by atoms with Crippen molar-refractivity contribution in [3.8, 4) is 0 Å². The van der Waals surface area contributed by atoms with Crippen molar-refractivity contribution in [2.45, 2.75) is 11.8 Å². The number of hydrogen-bond acceptors (Lipinski definition) is 6.